The maximum Gasteiger partial charge on any atom is 0.127 e. The predicted octanol–water partition coefficient (Wildman–Crippen LogP) is 4.80. The van der Waals surface area contributed by atoms with Crippen molar-refractivity contribution in [2.24, 2.45) is 0 Å². The van der Waals surface area contributed by atoms with Crippen molar-refractivity contribution in [1.82, 2.24) is 0 Å². The number of unbranched alkanes of at least 4 members (excludes halogenated alkanes) is 2. The molecule has 1 N–H and O–H groups in total. The molecule has 2 aromatic carbocycles. The molecule has 0 heterocycles. The van der Waals surface area contributed by atoms with Gasteiger partial charge in [0.1, 0.15) is 11.5 Å². The Bertz CT molecular complexity index is 552. The molecule has 3 heteroatoms. The van der Waals surface area contributed by atoms with Crippen LogP contribution in [-0.4, -0.2) is 17.0 Å². The van der Waals surface area contributed by atoms with Gasteiger partial charge in [-0.25, -0.2) is 0 Å². The second-order valence-corrected chi connectivity index (χ2v) is 5.52. The van der Waals surface area contributed by atoms with Gasteiger partial charge in [0, 0.05) is 16.1 Å². The van der Waals surface area contributed by atoms with Crippen LogP contribution >= 0.6 is 15.9 Å². The molecule has 0 saturated carbocycles. The molecule has 2 nitrogen and oxygen atoms in total. The highest BCUT2D eigenvalue weighted by Crippen LogP contribution is 2.33. The fourth-order valence-corrected chi connectivity index (χ4v) is 2.50. The van der Waals surface area contributed by atoms with Crippen molar-refractivity contribution in [2.75, 3.05) is 11.9 Å². The lowest BCUT2D eigenvalue weighted by atomic mass is 10.1. The Morgan fingerprint density at radius 2 is 1.89 bits per heavy atom. The van der Waals surface area contributed by atoms with Crippen LogP contribution in [0.4, 0.5) is 0 Å². The molecule has 0 bridgehead atoms. The van der Waals surface area contributed by atoms with Crippen molar-refractivity contribution in [3.63, 3.8) is 0 Å². The van der Waals surface area contributed by atoms with Crippen molar-refractivity contribution in [3.05, 3.63) is 35.9 Å². The summed E-state index contributed by atoms with van der Waals surface area (Å²) in [5.41, 5.74) is 1.17. The first-order valence-electron chi connectivity index (χ1n) is 6.63. The highest BCUT2D eigenvalue weighted by Gasteiger charge is 2.06. The number of phenols is 1. The minimum atomic E-state index is 0.307. The molecule has 2 rings (SSSR count). The molecular formula is C16H19BrO2. The van der Waals surface area contributed by atoms with Crippen LogP contribution in [0.15, 0.2) is 30.3 Å². The Hall–Kier alpha value is -1.22. The number of alkyl halides is 1. The Morgan fingerprint density at radius 1 is 1.05 bits per heavy atom. The van der Waals surface area contributed by atoms with E-state index in [1.54, 1.807) is 6.07 Å². The average molecular weight is 323 g/mol. The number of hydrogen-bond acceptors (Lipinski definition) is 2. The summed E-state index contributed by atoms with van der Waals surface area (Å²) in [5, 5.41) is 12.8. The lowest BCUT2D eigenvalue weighted by Crippen LogP contribution is -1.98. The smallest absolute Gasteiger partial charge is 0.127 e. The second-order valence-electron chi connectivity index (χ2n) is 4.73. The largest absolute Gasteiger partial charge is 0.507 e. The standard InChI is InChI=1S/C16H19BrO2/c1-12-5-6-13-14(11-12)16(8-7-15(13)18)19-10-4-2-3-9-17/h5-8,11,18H,2-4,9-10H2,1H3. The lowest BCUT2D eigenvalue weighted by Gasteiger charge is -2.11. The summed E-state index contributed by atoms with van der Waals surface area (Å²) in [5.74, 6) is 1.16. The van der Waals surface area contributed by atoms with Crippen LogP contribution in [0.5, 0.6) is 11.5 Å². The summed E-state index contributed by atoms with van der Waals surface area (Å²) in [6.07, 6.45) is 3.40. The van der Waals surface area contributed by atoms with Gasteiger partial charge in [0.2, 0.25) is 0 Å². The topological polar surface area (TPSA) is 29.5 Å². The van der Waals surface area contributed by atoms with E-state index in [1.807, 2.05) is 25.1 Å². The Labute approximate surface area is 122 Å². The van der Waals surface area contributed by atoms with E-state index in [0.29, 0.717) is 5.75 Å². The number of hydrogen-bond donors (Lipinski definition) is 1. The number of rotatable bonds is 6. The van der Waals surface area contributed by atoms with Gasteiger partial charge in [0.05, 0.1) is 6.61 Å². The van der Waals surface area contributed by atoms with Crippen LogP contribution in [0, 0.1) is 6.92 Å². The average Bonchev–Trinajstić information content (AvgIpc) is 2.41. The highest BCUT2D eigenvalue weighted by atomic mass is 79.9. The summed E-state index contributed by atoms with van der Waals surface area (Å²) in [6.45, 7) is 2.77. The summed E-state index contributed by atoms with van der Waals surface area (Å²) in [4.78, 5) is 0. The number of benzene rings is 2. The van der Waals surface area contributed by atoms with E-state index < -0.39 is 0 Å². The second kappa shape index (κ2) is 6.80. The van der Waals surface area contributed by atoms with E-state index in [9.17, 15) is 5.11 Å². The summed E-state index contributed by atoms with van der Waals surface area (Å²) >= 11 is 3.43. The summed E-state index contributed by atoms with van der Waals surface area (Å²) < 4.78 is 5.85. The van der Waals surface area contributed by atoms with Crippen LogP contribution in [0.25, 0.3) is 10.8 Å². The molecule has 0 spiro atoms. The normalized spacial score (nSPS) is 10.8. The van der Waals surface area contributed by atoms with Crippen LogP contribution in [-0.2, 0) is 0 Å². The minimum absolute atomic E-state index is 0.307. The van der Waals surface area contributed by atoms with E-state index in [2.05, 4.69) is 22.0 Å². The number of halogens is 1. The Morgan fingerprint density at radius 3 is 2.68 bits per heavy atom. The number of ether oxygens (including phenoxy) is 1. The molecular weight excluding hydrogens is 304 g/mol. The fraction of sp³-hybridized carbons (Fsp3) is 0.375. The Balaban J connectivity index is 2.14. The number of phenolic OH excluding ortho intramolecular Hbond substituents is 1. The number of aryl methyl sites for hydroxylation is 1. The van der Waals surface area contributed by atoms with Crippen molar-refractivity contribution in [1.29, 1.82) is 0 Å². The first-order valence-corrected chi connectivity index (χ1v) is 7.75. The molecule has 0 aromatic heterocycles. The fourth-order valence-electron chi connectivity index (χ4n) is 2.10. The summed E-state index contributed by atoms with van der Waals surface area (Å²) in [6, 6.07) is 9.55. The van der Waals surface area contributed by atoms with Gasteiger partial charge >= 0.3 is 0 Å². The molecule has 0 amide bonds. The Kier molecular flexibility index (Phi) is 5.08. The first-order chi connectivity index (χ1) is 9.22. The predicted molar refractivity (Wildman–Crippen MR) is 83.5 cm³/mol. The maximum absolute atomic E-state index is 9.87. The highest BCUT2D eigenvalue weighted by molar-refractivity contribution is 9.09. The van der Waals surface area contributed by atoms with E-state index in [4.69, 9.17) is 4.74 Å². The molecule has 19 heavy (non-hydrogen) atoms. The van der Waals surface area contributed by atoms with Crippen LogP contribution in [0.2, 0.25) is 0 Å². The zero-order valence-electron chi connectivity index (χ0n) is 11.2. The van der Waals surface area contributed by atoms with E-state index in [0.717, 1.165) is 34.9 Å². The molecule has 0 aliphatic rings. The van der Waals surface area contributed by atoms with Gasteiger partial charge in [-0.2, -0.15) is 0 Å². The third-order valence-corrected chi connectivity index (χ3v) is 3.71. The zero-order valence-corrected chi connectivity index (χ0v) is 12.7. The molecule has 0 unspecified atom stereocenters. The zero-order chi connectivity index (χ0) is 13.7. The molecule has 0 aliphatic heterocycles. The van der Waals surface area contributed by atoms with Crippen LogP contribution < -0.4 is 4.74 Å². The van der Waals surface area contributed by atoms with E-state index in [1.165, 1.54) is 18.4 Å². The van der Waals surface area contributed by atoms with Gasteiger partial charge in [-0.15, -0.1) is 0 Å². The van der Waals surface area contributed by atoms with Crippen molar-refractivity contribution in [3.8, 4) is 11.5 Å². The molecule has 0 saturated heterocycles. The van der Waals surface area contributed by atoms with Crippen LogP contribution in [0.1, 0.15) is 24.8 Å². The van der Waals surface area contributed by atoms with Gasteiger partial charge in [-0.3, -0.25) is 0 Å². The van der Waals surface area contributed by atoms with Gasteiger partial charge in [-0.1, -0.05) is 33.6 Å². The van der Waals surface area contributed by atoms with Crippen LogP contribution in [0.3, 0.4) is 0 Å². The maximum atomic E-state index is 9.87. The summed E-state index contributed by atoms with van der Waals surface area (Å²) in [7, 11) is 0. The van der Waals surface area contributed by atoms with E-state index >= 15 is 0 Å². The van der Waals surface area contributed by atoms with Gasteiger partial charge in [-0.05, 0) is 44.4 Å². The molecule has 102 valence electrons. The van der Waals surface area contributed by atoms with Crippen molar-refractivity contribution in [2.45, 2.75) is 26.2 Å². The SMILES string of the molecule is Cc1ccc2c(O)ccc(OCCCCCBr)c2c1. The monoisotopic (exact) mass is 322 g/mol. The van der Waals surface area contributed by atoms with E-state index in [-0.39, 0.29) is 0 Å². The number of aromatic hydroxyl groups is 1. The molecule has 0 aliphatic carbocycles. The quantitative estimate of drug-likeness (QED) is 0.611. The minimum Gasteiger partial charge on any atom is -0.507 e. The third-order valence-electron chi connectivity index (χ3n) is 3.14. The third kappa shape index (κ3) is 3.63. The molecule has 0 atom stereocenters. The lowest BCUT2D eigenvalue weighted by molar-refractivity contribution is 0.309. The van der Waals surface area contributed by atoms with Crippen molar-refractivity contribution < 1.29 is 9.84 Å². The molecule has 0 fully saturated rings. The van der Waals surface area contributed by atoms with Gasteiger partial charge < -0.3 is 9.84 Å². The number of fused-ring (bicyclic) bond motifs is 1. The first kappa shape index (κ1) is 14.2. The molecule has 2 aromatic rings. The van der Waals surface area contributed by atoms with Gasteiger partial charge in [0.15, 0.2) is 0 Å². The van der Waals surface area contributed by atoms with Gasteiger partial charge in [0.25, 0.3) is 0 Å². The molecule has 0 radical (unpaired) electrons. The van der Waals surface area contributed by atoms with Crippen molar-refractivity contribution >= 4 is 26.7 Å².